The molecule has 0 aliphatic rings. The van der Waals surface area contributed by atoms with Crippen molar-refractivity contribution in [1.82, 2.24) is 0 Å². The fourth-order valence-electron chi connectivity index (χ4n) is 1.04. The molecule has 1 N–H and O–H groups in total. The predicted molar refractivity (Wildman–Crippen MR) is 52.9 cm³/mol. The highest BCUT2D eigenvalue weighted by Crippen LogP contribution is 2.11. The molecule has 0 radical (unpaired) electrons. The zero-order valence-electron chi connectivity index (χ0n) is 7.54. The van der Waals surface area contributed by atoms with E-state index in [1.165, 1.54) is 0 Å². The summed E-state index contributed by atoms with van der Waals surface area (Å²) in [6.45, 7) is 1.99. The molecule has 0 spiro atoms. The van der Waals surface area contributed by atoms with E-state index in [0.29, 0.717) is 5.84 Å². The van der Waals surface area contributed by atoms with Gasteiger partial charge >= 0.3 is 0 Å². The third kappa shape index (κ3) is 1.84. The first-order chi connectivity index (χ1) is 5.75. The summed E-state index contributed by atoms with van der Waals surface area (Å²) in [5.74, 6) is 0.640. The van der Waals surface area contributed by atoms with Crippen molar-refractivity contribution in [3.63, 3.8) is 0 Å². The van der Waals surface area contributed by atoms with Crippen LogP contribution in [0.15, 0.2) is 30.3 Å². The molecule has 0 saturated heterocycles. The molecule has 12 heavy (non-hydrogen) atoms. The van der Waals surface area contributed by atoms with Crippen LogP contribution in [0.5, 0.6) is 0 Å². The first kappa shape index (κ1) is 8.78. The lowest BCUT2D eigenvalue weighted by Crippen LogP contribution is -2.24. The Morgan fingerprint density at radius 1 is 1.33 bits per heavy atom. The van der Waals surface area contributed by atoms with Crippen LogP contribution in [0.3, 0.4) is 0 Å². The summed E-state index contributed by atoms with van der Waals surface area (Å²) in [5, 5.41) is 7.61. The van der Waals surface area contributed by atoms with Gasteiger partial charge in [0.1, 0.15) is 0 Å². The Hall–Kier alpha value is -1.31. The number of nitrogens with one attached hydrogen (secondary N) is 1. The number of rotatable bonds is 2. The third-order valence-corrected chi connectivity index (χ3v) is 1.88. The first-order valence-electron chi connectivity index (χ1n) is 4.12. The highest BCUT2D eigenvalue weighted by Gasteiger charge is 2.02. The summed E-state index contributed by atoms with van der Waals surface area (Å²) in [4.78, 5) is 1.89. The molecule has 0 aliphatic heterocycles. The fourth-order valence-corrected chi connectivity index (χ4v) is 1.04. The van der Waals surface area contributed by atoms with E-state index >= 15 is 0 Å². The highest BCUT2D eigenvalue weighted by molar-refractivity contribution is 5.94. The van der Waals surface area contributed by atoms with Gasteiger partial charge in [-0.2, -0.15) is 0 Å². The van der Waals surface area contributed by atoms with Gasteiger partial charge in [-0.3, -0.25) is 5.41 Å². The van der Waals surface area contributed by atoms with Crippen LogP contribution in [0, 0.1) is 5.41 Å². The zero-order chi connectivity index (χ0) is 8.97. The van der Waals surface area contributed by atoms with Crippen molar-refractivity contribution >= 4 is 11.5 Å². The molecule has 0 aliphatic carbocycles. The van der Waals surface area contributed by atoms with E-state index in [2.05, 4.69) is 0 Å². The van der Waals surface area contributed by atoms with Crippen LogP contribution >= 0.6 is 0 Å². The van der Waals surface area contributed by atoms with Crippen LogP contribution in [-0.4, -0.2) is 12.9 Å². The third-order valence-electron chi connectivity index (χ3n) is 1.88. The molecule has 0 unspecified atom stereocenters. The van der Waals surface area contributed by atoms with Gasteiger partial charge in [-0.05, 0) is 12.1 Å². The summed E-state index contributed by atoms with van der Waals surface area (Å²) in [6, 6.07) is 9.95. The largest absolute Gasteiger partial charge is 0.333 e. The lowest BCUT2D eigenvalue weighted by molar-refractivity contribution is 1.12. The Balaban J connectivity index is 2.78. The molecule has 64 valence electrons. The smallest absolute Gasteiger partial charge is 0.0997 e. The summed E-state index contributed by atoms with van der Waals surface area (Å²) in [6.07, 6.45) is 0.769. The van der Waals surface area contributed by atoms with Crippen LogP contribution in [-0.2, 0) is 0 Å². The molecule has 1 aromatic rings. The standard InChI is InChI=1S/C10H14N2/c1-3-10(11)12(2)9-7-5-4-6-8-9/h4-8,11H,3H2,1-2H3. The Labute approximate surface area is 73.3 Å². The van der Waals surface area contributed by atoms with Gasteiger partial charge in [0, 0.05) is 19.2 Å². The van der Waals surface area contributed by atoms with E-state index in [1.807, 2.05) is 49.2 Å². The minimum Gasteiger partial charge on any atom is -0.333 e. The number of para-hydroxylation sites is 1. The quantitative estimate of drug-likeness (QED) is 0.525. The van der Waals surface area contributed by atoms with E-state index in [-0.39, 0.29) is 0 Å². The van der Waals surface area contributed by atoms with Crippen LogP contribution in [0.4, 0.5) is 5.69 Å². The molecule has 0 amide bonds. The van der Waals surface area contributed by atoms with E-state index < -0.39 is 0 Å². The second kappa shape index (κ2) is 3.90. The maximum Gasteiger partial charge on any atom is 0.0997 e. The first-order valence-corrected chi connectivity index (χ1v) is 4.12. The number of nitrogens with zero attached hydrogens (tertiary/aromatic N) is 1. The molecule has 0 bridgehead atoms. The second-order valence-corrected chi connectivity index (χ2v) is 2.69. The monoisotopic (exact) mass is 162 g/mol. The van der Waals surface area contributed by atoms with E-state index in [4.69, 9.17) is 5.41 Å². The SMILES string of the molecule is CCC(=N)N(C)c1ccccc1. The predicted octanol–water partition coefficient (Wildman–Crippen LogP) is 2.51. The second-order valence-electron chi connectivity index (χ2n) is 2.69. The molecule has 2 heteroatoms. The summed E-state index contributed by atoms with van der Waals surface area (Å²) < 4.78 is 0. The summed E-state index contributed by atoms with van der Waals surface area (Å²) >= 11 is 0. The fraction of sp³-hybridized carbons (Fsp3) is 0.300. The van der Waals surface area contributed by atoms with Gasteiger partial charge in [-0.1, -0.05) is 25.1 Å². The Kier molecular flexibility index (Phi) is 2.86. The molecule has 2 nitrogen and oxygen atoms in total. The maximum atomic E-state index is 7.61. The number of amidine groups is 1. The normalized spacial score (nSPS) is 9.50. The van der Waals surface area contributed by atoms with Crippen LogP contribution in [0.2, 0.25) is 0 Å². The van der Waals surface area contributed by atoms with E-state index in [0.717, 1.165) is 12.1 Å². The van der Waals surface area contributed by atoms with Crippen molar-refractivity contribution < 1.29 is 0 Å². The van der Waals surface area contributed by atoms with E-state index in [9.17, 15) is 0 Å². The van der Waals surface area contributed by atoms with Gasteiger partial charge in [0.2, 0.25) is 0 Å². The molecular formula is C10H14N2. The molecule has 0 fully saturated rings. The molecule has 0 saturated carbocycles. The van der Waals surface area contributed by atoms with Crippen molar-refractivity contribution in [2.75, 3.05) is 11.9 Å². The minimum atomic E-state index is 0.640. The van der Waals surface area contributed by atoms with Gasteiger partial charge in [0.05, 0.1) is 5.84 Å². The van der Waals surface area contributed by atoms with Gasteiger partial charge in [0.15, 0.2) is 0 Å². The van der Waals surface area contributed by atoms with Gasteiger partial charge in [-0.25, -0.2) is 0 Å². The molecule has 1 aromatic carbocycles. The number of benzene rings is 1. The Morgan fingerprint density at radius 2 is 1.92 bits per heavy atom. The number of hydrogen-bond donors (Lipinski definition) is 1. The van der Waals surface area contributed by atoms with Gasteiger partial charge < -0.3 is 4.90 Å². The summed E-state index contributed by atoms with van der Waals surface area (Å²) in [5.41, 5.74) is 1.07. The number of anilines is 1. The molecule has 0 atom stereocenters. The van der Waals surface area contributed by atoms with Crippen molar-refractivity contribution in [2.24, 2.45) is 0 Å². The van der Waals surface area contributed by atoms with Crippen LogP contribution in [0.25, 0.3) is 0 Å². The maximum absolute atomic E-state index is 7.61. The minimum absolute atomic E-state index is 0.640. The molecule has 0 aromatic heterocycles. The summed E-state index contributed by atoms with van der Waals surface area (Å²) in [7, 11) is 1.92. The lowest BCUT2D eigenvalue weighted by atomic mass is 10.3. The zero-order valence-corrected chi connectivity index (χ0v) is 7.54. The van der Waals surface area contributed by atoms with Crippen LogP contribution < -0.4 is 4.90 Å². The van der Waals surface area contributed by atoms with Crippen molar-refractivity contribution in [2.45, 2.75) is 13.3 Å². The Bertz CT molecular complexity index is 254. The highest BCUT2D eigenvalue weighted by atomic mass is 15.1. The Morgan fingerprint density at radius 3 is 2.42 bits per heavy atom. The van der Waals surface area contributed by atoms with Gasteiger partial charge in [0.25, 0.3) is 0 Å². The molecule has 0 heterocycles. The topological polar surface area (TPSA) is 27.1 Å². The van der Waals surface area contributed by atoms with Gasteiger partial charge in [-0.15, -0.1) is 0 Å². The molecular weight excluding hydrogens is 148 g/mol. The molecule has 1 rings (SSSR count). The average molecular weight is 162 g/mol. The lowest BCUT2D eigenvalue weighted by Gasteiger charge is -2.18. The average Bonchev–Trinajstić information content (AvgIpc) is 2.17. The number of hydrogen-bond acceptors (Lipinski definition) is 1. The van der Waals surface area contributed by atoms with E-state index in [1.54, 1.807) is 0 Å². The van der Waals surface area contributed by atoms with Crippen molar-refractivity contribution in [1.29, 1.82) is 5.41 Å². The van der Waals surface area contributed by atoms with Crippen molar-refractivity contribution in [3.8, 4) is 0 Å². The van der Waals surface area contributed by atoms with Crippen molar-refractivity contribution in [3.05, 3.63) is 30.3 Å². The van der Waals surface area contributed by atoms with Crippen LogP contribution in [0.1, 0.15) is 13.3 Å².